The van der Waals surface area contributed by atoms with Gasteiger partial charge in [-0.1, -0.05) is 0 Å². The number of fused-ring (bicyclic) bond motifs is 10. The molecule has 5 rings (SSSR count). The van der Waals surface area contributed by atoms with Crippen LogP contribution in [0.2, 0.25) is 0 Å². The molecule has 2 nitrogen and oxygen atoms in total. The van der Waals surface area contributed by atoms with Crippen LogP contribution in [0.5, 0.6) is 0 Å². The molecule has 2 aliphatic heterocycles. The summed E-state index contributed by atoms with van der Waals surface area (Å²) in [4.78, 5) is 0. The first kappa shape index (κ1) is 6.41. The predicted octanol–water partition coefficient (Wildman–Crippen LogP) is 1.20. The monoisotopic (exact) mass is 178 g/mol. The first-order chi connectivity index (χ1) is 6.29. The first-order valence-electron chi connectivity index (χ1n) is 5.62. The highest BCUT2D eigenvalue weighted by Gasteiger charge is 2.79. The second kappa shape index (κ2) is 1.49. The van der Waals surface area contributed by atoms with Crippen molar-refractivity contribution in [3.8, 4) is 0 Å². The maximum Gasteiger partial charge on any atom is 0.0954 e. The Hall–Kier alpha value is -0.0800. The van der Waals surface area contributed by atoms with E-state index in [-0.39, 0.29) is 0 Å². The van der Waals surface area contributed by atoms with E-state index in [4.69, 9.17) is 9.47 Å². The van der Waals surface area contributed by atoms with Crippen molar-refractivity contribution in [3.05, 3.63) is 0 Å². The molecule has 0 amide bonds. The molecule has 8 atom stereocenters. The maximum atomic E-state index is 5.88. The van der Waals surface area contributed by atoms with E-state index in [1.807, 2.05) is 0 Å². The molecule has 5 aliphatic rings. The van der Waals surface area contributed by atoms with Gasteiger partial charge in [-0.2, -0.15) is 0 Å². The summed E-state index contributed by atoms with van der Waals surface area (Å²) in [6.07, 6.45) is 4.75. The Morgan fingerprint density at radius 2 is 2.15 bits per heavy atom. The van der Waals surface area contributed by atoms with Gasteiger partial charge in [0.1, 0.15) is 0 Å². The van der Waals surface area contributed by atoms with Crippen LogP contribution in [-0.4, -0.2) is 23.9 Å². The van der Waals surface area contributed by atoms with E-state index in [2.05, 4.69) is 6.92 Å². The zero-order chi connectivity index (χ0) is 8.37. The van der Waals surface area contributed by atoms with Gasteiger partial charge in [0, 0.05) is 0 Å². The second-order valence-electron chi connectivity index (χ2n) is 5.84. The van der Waals surface area contributed by atoms with Gasteiger partial charge in [0.2, 0.25) is 0 Å². The third kappa shape index (κ3) is 0.490. The quantitative estimate of drug-likeness (QED) is 0.521. The van der Waals surface area contributed by atoms with E-state index in [0.717, 1.165) is 23.7 Å². The van der Waals surface area contributed by atoms with E-state index in [1.54, 1.807) is 0 Å². The van der Waals surface area contributed by atoms with Gasteiger partial charge in [0.05, 0.1) is 23.9 Å². The van der Waals surface area contributed by atoms with E-state index < -0.39 is 0 Å². The molecular weight excluding hydrogens is 164 g/mol. The molecule has 0 aromatic heterocycles. The van der Waals surface area contributed by atoms with Gasteiger partial charge < -0.3 is 9.47 Å². The summed E-state index contributed by atoms with van der Waals surface area (Å²) in [6, 6.07) is 0. The molecule has 3 saturated carbocycles. The molecule has 0 radical (unpaired) electrons. The molecule has 0 aromatic rings. The van der Waals surface area contributed by atoms with Crippen LogP contribution in [0.1, 0.15) is 19.8 Å². The topological polar surface area (TPSA) is 25.1 Å². The normalized spacial score (nSPS) is 80.5. The van der Waals surface area contributed by atoms with Crippen molar-refractivity contribution in [2.45, 2.75) is 43.7 Å². The molecule has 70 valence electrons. The van der Waals surface area contributed by atoms with Crippen LogP contribution in [-0.2, 0) is 9.47 Å². The summed E-state index contributed by atoms with van der Waals surface area (Å²) >= 11 is 0. The summed E-state index contributed by atoms with van der Waals surface area (Å²) < 4.78 is 11.5. The van der Waals surface area contributed by atoms with Gasteiger partial charge in [-0.25, -0.2) is 0 Å². The summed E-state index contributed by atoms with van der Waals surface area (Å²) in [5.41, 5.74) is 0.322. The second-order valence-corrected chi connectivity index (χ2v) is 5.84. The Bertz CT molecular complexity index is 311. The Labute approximate surface area is 77.6 Å². The lowest BCUT2D eigenvalue weighted by molar-refractivity contribution is 0.140. The molecule has 5 fully saturated rings. The minimum atomic E-state index is 0.322. The summed E-state index contributed by atoms with van der Waals surface area (Å²) in [6.45, 7) is 2.34. The highest BCUT2D eigenvalue weighted by Crippen LogP contribution is 2.73. The van der Waals surface area contributed by atoms with Crippen LogP contribution < -0.4 is 0 Å². The number of hydrogen-bond donors (Lipinski definition) is 0. The van der Waals surface area contributed by atoms with E-state index in [0.29, 0.717) is 23.9 Å². The predicted molar refractivity (Wildman–Crippen MR) is 45.1 cm³/mol. The molecule has 8 unspecified atom stereocenters. The van der Waals surface area contributed by atoms with Crippen molar-refractivity contribution >= 4 is 0 Å². The van der Waals surface area contributed by atoms with Gasteiger partial charge in [0.15, 0.2) is 0 Å². The van der Waals surface area contributed by atoms with Crippen molar-refractivity contribution in [1.29, 1.82) is 0 Å². The standard InChI is InChI=1S/C11H14O2/c1-11-6-2-5(10(11)13-11)8-4(6)3-7-9(8)12-7/h4-10H,2-3H2,1H3. The molecule has 0 aromatic carbocycles. The van der Waals surface area contributed by atoms with Gasteiger partial charge in [-0.15, -0.1) is 0 Å². The molecule has 0 N–H and O–H groups in total. The minimum Gasteiger partial charge on any atom is -0.369 e. The molecule has 2 saturated heterocycles. The molecule has 3 aliphatic carbocycles. The lowest BCUT2D eigenvalue weighted by Crippen LogP contribution is -2.33. The lowest BCUT2D eigenvalue weighted by Gasteiger charge is -2.27. The molecular formula is C11H14O2. The van der Waals surface area contributed by atoms with Crippen LogP contribution in [0, 0.1) is 23.7 Å². The Morgan fingerprint density at radius 1 is 1.23 bits per heavy atom. The average Bonchev–Trinajstić information content (AvgIpc) is 2.89. The Morgan fingerprint density at radius 3 is 3.08 bits per heavy atom. The van der Waals surface area contributed by atoms with E-state index in [1.165, 1.54) is 12.8 Å². The number of ether oxygens (including phenoxy) is 2. The van der Waals surface area contributed by atoms with Crippen molar-refractivity contribution in [2.24, 2.45) is 23.7 Å². The van der Waals surface area contributed by atoms with Crippen LogP contribution in [0.4, 0.5) is 0 Å². The fraction of sp³-hybridized carbons (Fsp3) is 1.00. The largest absolute Gasteiger partial charge is 0.369 e. The maximum absolute atomic E-state index is 5.88. The van der Waals surface area contributed by atoms with Gasteiger partial charge in [0.25, 0.3) is 0 Å². The Kier molecular flexibility index (Phi) is 0.733. The molecule has 2 heteroatoms. The van der Waals surface area contributed by atoms with Crippen molar-refractivity contribution < 1.29 is 9.47 Å². The number of hydrogen-bond acceptors (Lipinski definition) is 2. The van der Waals surface area contributed by atoms with Crippen LogP contribution in [0.3, 0.4) is 0 Å². The van der Waals surface area contributed by atoms with E-state index >= 15 is 0 Å². The summed E-state index contributed by atoms with van der Waals surface area (Å²) in [5.74, 6) is 3.63. The van der Waals surface area contributed by atoms with Crippen molar-refractivity contribution in [2.75, 3.05) is 0 Å². The SMILES string of the molecule is CC12OC1C1CC2C2CC3OC3C21. The molecule has 13 heavy (non-hydrogen) atoms. The van der Waals surface area contributed by atoms with Crippen molar-refractivity contribution in [1.82, 2.24) is 0 Å². The van der Waals surface area contributed by atoms with Crippen LogP contribution in [0.15, 0.2) is 0 Å². The van der Waals surface area contributed by atoms with E-state index in [9.17, 15) is 0 Å². The third-order valence-corrected chi connectivity index (χ3v) is 5.55. The zero-order valence-corrected chi connectivity index (χ0v) is 7.77. The van der Waals surface area contributed by atoms with Gasteiger partial charge in [-0.05, 0) is 43.4 Å². The zero-order valence-electron chi connectivity index (χ0n) is 7.77. The van der Waals surface area contributed by atoms with Gasteiger partial charge in [-0.3, -0.25) is 0 Å². The molecule has 2 bridgehead atoms. The fourth-order valence-electron chi connectivity index (χ4n) is 5.01. The van der Waals surface area contributed by atoms with Crippen LogP contribution in [0.25, 0.3) is 0 Å². The van der Waals surface area contributed by atoms with Crippen molar-refractivity contribution in [3.63, 3.8) is 0 Å². The molecule has 2 heterocycles. The summed E-state index contributed by atoms with van der Waals surface area (Å²) in [7, 11) is 0. The third-order valence-electron chi connectivity index (χ3n) is 5.55. The molecule has 0 spiro atoms. The minimum absolute atomic E-state index is 0.322. The Balaban J connectivity index is 1.65. The smallest absolute Gasteiger partial charge is 0.0954 e. The first-order valence-corrected chi connectivity index (χ1v) is 5.62. The number of epoxide rings is 2. The number of rotatable bonds is 0. The summed E-state index contributed by atoms with van der Waals surface area (Å²) in [5, 5.41) is 0. The highest BCUT2D eigenvalue weighted by molar-refractivity contribution is 5.26. The van der Waals surface area contributed by atoms with Gasteiger partial charge >= 0.3 is 0 Å². The average molecular weight is 178 g/mol. The fourth-order valence-corrected chi connectivity index (χ4v) is 5.01. The lowest BCUT2D eigenvalue weighted by atomic mass is 9.76. The highest BCUT2D eigenvalue weighted by atomic mass is 16.6. The van der Waals surface area contributed by atoms with Crippen LogP contribution >= 0.6 is 0 Å².